The molecular weight excluding hydrogens is 283 g/mol. The Morgan fingerprint density at radius 2 is 2.27 bits per heavy atom. The number of hydrogen-bond acceptors (Lipinski definition) is 4. The molecule has 2 aliphatic rings. The number of aliphatic hydroxyl groups excluding tert-OH is 1. The summed E-state index contributed by atoms with van der Waals surface area (Å²) < 4.78 is 19.0. The highest BCUT2D eigenvalue weighted by molar-refractivity contribution is 5.34. The molecule has 118 valence electrons. The van der Waals surface area contributed by atoms with Gasteiger partial charge in [0, 0.05) is 25.1 Å². The van der Waals surface area contributed by atoms with E-state index in [2.05, 4.69) is 4.90 Å². The first-order valence-electron chi connectivity index (χ1n) is 7.87. The Bertz CT molecular complexity index is 572. The molecule has 1 aromatic carbocycles. The molecule has 2 heterocycles. The number of aliphatic hydroxyl groups is 1. The first-order chi connectivity index (χ1) is 10.7. The van der Waals surface area contributed by atoms with E-state index in [9.17, 15) is 9.50 Å². The van der Waals surface area contributed by atoms with Crippen LogP contribution >= 0.6 is 0 Å². The molecule has 0 radical (unpaired) electrons. The summed E-state index contributed by atoms with van der Waals surface area (Å²) in [5.74, 6) is -0.326. The van der Waals surface area contributed by atoms with E-state index in [-0.39, 0.29) is 17.6 Å². The number of nitrogens with zero attached hydrogens (tertiary/aromatic N) is 2. The lowest BCUT2D eigenvalue weighted by atomic mass is 9.89. The summed E-state index contributed by atoms with van der Waals surface area (Å²) in [4.78, 5) is 2.33. The normalized spacial score (nSPS) is 29.4. The predicted molar refractivity (Wildman–Crippen MR) is 79.5 cm³/mol. The van der Waals surface area contributed by atoms with Gasteiger partial charge in [0.1, 0.15) is 11.9 Å². The maximum absolute atomic E-state index is 13.4. The fraction of sp³-hybridized carbons (Fsp3) is 0.588. The lowest BCUT2D eigenvalue weighted by Crippen LogP contribution is -2.45. The van der Waals surface area contributed by atoms with Gasteiger partial charge in [-0.2, -0.15) is 5.26 Å². The standard InChI is InChI=1S/C17H21FN2O2/c18-15-4-3-12(8-13(15)9-19)10-20-6-1-2-16(20)14-11-22-7-5-17(14)21/h3-4,8,14,16-17,21H,1-2,5-7,10-11H2/t14-,16-,17+/m1/s1. The van der Waals surface area contributed by atoms with E-state index >= 15 is 0 Å². The van der Waals surface area contributed by atoms with E-state index in [1.807, 2.05) is 6.07 Å². The number of rotatable bonds is 3. The Morgan fingerprint density at radius 1 is 1.41 bits per heavy atom. The van der Waals surface area contributed by atoms with Gasteiger partial charge in [0.2, 0.25) is 0 Å². The van der Waals surface area contributed by atoms with E-state index in [1.54, 1.807) is 12.1 Å². The van der Waals surface area contributed by atoms with Crippen LogP contribution in [-0.4, -0.2) is 41.9 Å². The van der Waals surface area contributed by atoms with Crippen molar-refractivity contribution in [2.24, 2.45) is 5.92 Å². The van der Waals surface area contributed by atoms with Gasteiger partial charge in [0.25, 0.3) is 0 Å². The van der Waals surface area contributed by atoms with Crippen molar-refractivity contribution in [1.29, 1.82) is 5.26 Å². The third-order valence-electron chi connectivity index (χ3n) is 4.81. The van der Waals surface area contributed by atoms with Crippen molar-refractivity contribution < 1.29 is 14.2 Å². The molecule has 2 aliphatic heterocycles. The zero-order chi connectivity index (χ0) is 15.5. The molecule has 4 nitrogen and oxygen atoms in total. The predicted octanol–water partition coefficient (Wildman–Crippen LogP) is 2.06. The molecule has 2 fully saturated rings. The van der Waals surface area contributed by atoms with Crippen LogP contribution in [0.4, 0.5) is 4.39 Å². The van der Waals surface area contributed by atoms with Crippen LogP contribution in [0.1, 0.15) is 30.4 Å². The zero-order valence-corrected chi connectivity index (χ0v) is 12.5. The minimum atomic E-state index is -0.472. The van der Waals surface area contributed by atoms with Crippen molar-refractivity contribution in [2.75, 3.05) is 19.8 Å². The summed E-state index contributed by atoms with van der Waals surface area (Å²) in [5, 5.41) is 19.2. The van der Waals surface area contributed by atoms with Gasteiger partial charge in [-0.3, -0.25) is 4.90 Å². The fourth-order valence-corrected chi connectivity index (χ4v) is 3.64. The second-order valence-electron chi connectivity index (χ2n) is 6.20. The van der Waals surface area contributed by atoms with Crippen molar-refractivity contribution >= 4 is 0 Å². The summed E-state index contributed by atoms with van der Waals surface area (Å²) in [6.07, 6.45) is 2.55. The SMILES string of the molecule is N#Cc1cc(CN2CCC[C@@H]2[C@H]2COCC[C@@H]2O)ccc1F. The average molecular weight is 304 g/mol. The number of halogens is 1. The lowest BCUT2D eigenvalue weighted by molar-refractivity contribution is -0.0636. The summed E-state index contributed by atoms with van der Waals surface area (Å²) in [6.45, 7) is 2.89. The molecule has 3 rings (SSSR count). The summed E-state index contributed by atoms with van der Waals surface area (Å²) in [5.41, 5.74) is 1.03. The Morgan fingerprint density at radius 3 is 3.05 bits per heavy atom. The first kappa shape index (κ1) is 15.4. The minimum absolute atomic E-state index is 0.0919. The molecule has 1 N–H and O–H groups in total. The topological polar surface area (TPSA) is 56.5 Å². The van der Waals surface area contributed by atoms with Gasteiger partial charge in [-0.05, 0) is 43.5 Å². The van der Waals surface area contributed by atoms with Crippen LogP contribution < -0.4 is 0 Å². The summed E-state index contributed by atoms with van der Waals surface area (Å²) in [6, 6.07) is 6.90. The third-order valence-corrected chi connectivity index (χ3v) is 4.81. The zero-order valence-electron chi connectivity index (χ0n) is 12.5. The number of hydrogen-bond donors (Lipinski definition) is 1. The summed E-state index contributed by atoms with van der Waals surface area (Å²) >= 11 is 0. The Labute approximate surface area is 130 Å². The van der Waals surface area contributed by atoms with Gasteiger partial charge in [-0.1, -0.05) is 6.07 Å². The van der Waals surface area contributed by atoms with Gasteiger partial charge in [0.05, 0.1) is 18.3 Å². The van der Waals surface area contributed by atoms with Crippen LogP contribution in [0.5, 0.6) is 0 Å². The highest BCUT2D eigenvalue weighted by Gasteiger charge is 2.37. The van der Waals surface area contributed by atoms with Crippen LogP contribution in [-0.2, 0) is 11.3 Å². The molecule has 22 heavy (non-hydrogen) atoms. The van der Waals surface area contributed by atoms with Gasteiger partial charge in [-0.15, -0.1) is 0 Å². The monoisotopic (exact) mass is 304 g/mol. The fourth-order valence-electron chi connectivity index (χ4n) is 3.64. The number of likely N-dealkylation sites (tertiary alicyclic amines) is 1. The van der Waals surface area contributed by atoms with Crippen LogP contribution in [0.15, 0.2) is 18.2 Å². The Kier molecular flexibility index (Phi) is 4.72. The van der Waals surface area contributed by atoms with Gasteiger partial charge in [-0.25, -0.2) is 4.39 Å². The van der Waals surface area contributed by atoms with Crippen LogP contribution in [0.25, 0.3) is 0 Å². The largest absolute Gasteiger partial charge is 0.393 e. The molecule has 1 aromatic rings. The number of nitriles is 1. The smallest absolute Gasteiger partial charge is 0.140 e. The highest BCUT2D eigenvalue weighted by atomic mass is 19.1. The van der Waals surface area contributed by atoms with Crippen molar-refractivity contribution in [3.63, 3.8) is 0 Å². The number of ether oxygens (including phenoxy) is 1. The first-order valence-corrected chi connectivity index (χ1v) is 7.87. The van der Waals surface area contributed by atoms with E-state index in [0.29, 0.717) is 32.2 Å². The Balaban J connectivity index is 1.72. The van der Waals surface area contributed by atoms with E-state index in [1.165, 1.54) is 6.07 Å². The van der Waals surface area contributed by atoms with E-state index < -0.39 is 5.82 Å². The molecule has 0 saturated carbocycles. The van der Waals surface area contributed by atoms with Crippen molar-refractivity contribution in [3.8, 4) is 6.07 Å². The molecule has 5 heteroatoms. The van der Waals surface area contributed by atoms with E-state index in [0.717, 1.165) is 24.9 Å². The molecule has 3 atom stereocenters. The van der Waals surface area contributed by atoms with Gasteiger partial charge < -0.3 is 9.84 Å². The molecular formula is C17H21FN2O2. The van der Waals surface area contributed by atoms with Crippen molar-refractivity contribution in [2.45, 2.75) is 38.0 Å². The van der Waals surface area contributed by atoms with Crippen LogP contribution in [0, 0.1) is 23.1 Å². The van der Waals surface area contributed by atoms with Crippen molar-refractivity contribution in [3.05, 3.63) is 35.1 Å². The second kappa shape index (κ2) is 6.74. The maximum Gasteiger partial charge on any atom is 0.140 e. The quantitative estimate of drug-likeness (QED) is 0.928. The number of benzene rings is 1. The highest BCUT2D eigenvalue weighted by Crippen LogP contribution is 2.31. The molecule has 0 bridgehead atoms. The Hall–Kier alpha value is -1.48. The molecule has 0 unspecified atom stereocenters. The van der Waals surface area contributed by atoms with Gasteiger partial charge >= 0.3 is 0 Å². The third kappa shape index (κ3) is 3.14. The van der Waals surface area contributed by atoms with E-state index in [4.69, 9.17) is 10.00 Å². The van der Waals surface area contributed by atoms with Crippen LogP contribution in [0.2, 0.25) is 0 Å². The molecule has 0 aliphatic carbocycles. The molecule has 0 aromatic heterocycles. The maximum atomic E-state index is 13.4. The van der Waals surface area contributed by atoms with Crippen LogP contribution in [0.3, 0.4) is 0 Å². The lowest BCUT2D eigenvalue weighted by Gasteiger charge is -2.37. The summed E-state index contributed by atoms with van der Waals surface area (Å²) in [7, 11) is 0. The molecule has 0 spiro atoms. The minimum Gasteiger partial charge on any atom is -0.393 e. The van der Waals surface area contributed by atoms with Gasteiger partial charge in [0.15, 0.2) is 0 Å². The van der Waals surface area contributed by atoms with Crippen molar-refractivity contribution in [1.82, 2.24) is 4.90 Å². The molecule has 2 saturated heterocycles. The average Bonchev–Trinajstić information content (AvgIpc) is 2.97. The second-order valence-corrected chi connectivity index (χ2v) is 6.20. The molecule has 0 amide bonds.